The van der Waals surface area contributed by atoms with Gasteiger partial charge in [0.15, 0.2) is 18.1 Å². The molecule has 2 fully saturated rings. The fourth-order valence-corrected chi connectivity index (χ4v) is 3.59. The second-order valence-corrected chi connectivity index (χ2v) is 6.59. The van der Waals surface area contributed by atoms with Crippen LogP contribution in [0.5, 0.6) is 11.5 Å². The number of hydrogen-bond acceptors (Lipinski definition) is 5. The molecule has 2 N–H and O–H groups in total. The lowest BCUT2D eigenvalue weighted by atomic mass is 9.99. The van der Waals surface area contributed by atoms with Crippen molar-refractivity contribution in [1.29, 1.82) is 0 Å². The zero-order valence-corrected chi connectivity index (χ0v) is 14.5. The van der Waals surface area contributed by atoms with Crippen LogP contribution in [-0.2, 0) is 9.53 Å². The third kappa shape index (κ3) is 3.87. The number of nitrogens with two attached hydrogens (primary N) is 1. The number of rotatable bonds is 5. The number of amides is 2. The summed E-state index contributed by atoms with van der Waals surface area (Å²) in [6.07, 6.45) is 4.34. The van der Waals surface area contributed by atoms with Crippen LogP contribution in [0.3, 0.4) is 0 Å². The Morgan fingerprint density at radius 2 is 2.04 bits per heavy atom. The number of morpholine rings is 1. The first kappa shape index (κ1) is 17.5. The molecule has 1 spiro atoms. The predicted molar refractivity (Wildman–Crippen MR) is 90.7 cm³/mol. The number of benzene rings is 1. The molecular weight excluding hydrogens is 324 g/mol. The fraction of sp³-hybridized carbons (Fsp3) is 0.556. The standard InChI is InChI=1S/C18H24N2O5/c1-23-15-10-13(4-5-14(15)24-11-16(19)21)17(22)20-8-9-25-18(12-20)6-2-3-7-18/h4-5,10H,2-3,6-9,11-12H2,1H3,(H2,19,21). The van der Waals surface area contributed by atoms with Gasteiger partial charge in [-0.15, -0.1) is 0 Å². The molecule has 1 aromatic carbocycles. The van der Waals surface area contributed by atoms with Crippen molar-refractivity contribution in [3.05, 3.63) is 23.8 Å². The summed E-state index contributed by atoms with van der Waals surface area (Å²) in [7, 11) is 1.49. The Bertz CT molecular complexity index is 655. The highest BCUT2D eigenvalue weighted by atomic mass is 16.5. The second-order valence-electron chi connectivity index (χ2n) is 6.59. The van der Waals surface area contributed by atoms with Gasteiger partial charge in [0.1, 0.15) is 0 Å². The summed E-state index contributed by atoms with van der Waals surface area (Å²) >= 11 is 0. The quantitative estimate of drug-likeness (QED) is 0.867. The van der Waals surface area contributed by atoms with E-state index in [1.54, 1.807) is 18.2 Å². The van der Waals surface area contributed by atoms with Gasteiger partial charge in [0, 0.05) is 12.1 Å². The highest BCUT2D eigenvalue weighted by Crippen LogP contribution is 2.36. The molecule has 7 heteroatoms. The van der Waals surface area contributed by atoms with Gasteiger partial charge in [-0.05, 0) is 31.0 Å². The summed E-state index contributed by atoms with van der Waals surface area (Å²) in [4.78, 5) is 25.6. The second kappa shape index (κ2) is 7.31. The van der Waals surface area contributed by atoms with Crippen LogP contribution in [0.15, 0.2) is 18.2 Å². The first-order chi connectivity index (χ1) is 12.0. The summed E-state index contributed by atoms with van der Waals surface area (Å²) in [5, 5.41) is 0. The van der Waals surface area contributed by atoms with Crippen molar-refractivity contribution in [3.63, 3.8) is 0 Å². The molecule has 0 atom stereocenters. The third-order valence-electron chi connectivity index (χ3n) is 4.83. The normalized spacial score (nSPS) is 19.0. The molecule has 25 heavy (non-hydrogen) atoms. The molecule has 0 radical (unpaired) electrons. The number of carbonyl (C=O) groups is 2. The average Bonchev–Trinajstić information content (AvgIpc) is 3.06. The SMILES string of the molecule is COc1cc(C(=O)N2CCOC3(CCCC3)C2)ccc1OCC(N)=O. The van der Waals surface area contributed by atoms with Crippen molar-refractivity contribution in [2.75, 3.05) is 33.4 Å². The molecule has 136 valence electrons. The van der Waals surface area contributed by atoms with E-state index in [-0.39, 0.29) is 18.1 Å². The topological polar surface area (TPSA) is 91.1 Å². The Morgan fingerprint density at radius 1 is 1.28 bits per heavy atom. The van der Waals surface area contributed by atoms with Crippen LogP contribution < -0.4 is 15.2 Å². The van der Waals surface area contributed by atoms with E-state index in [2.05, 4.69) is 0 Å². The number of nitrogens with zero attached hydrogens (tertiary/aromatic N) is 1. The van der Waals surface area contributed by atoms with Crippen molar-refractivity contribution in [3.8, 4) is 11.5 Å². The number of ether oxygens (including phenoxy) is 3. The van der Waals surface area contributed by atoms with Crippen LogP contribution in [0.25, 0.3) is 0 Å². The molecule has 1 saturated carbocycles. The van der Waals surface area contributed by atoms with E-state index in [1.165, 1.54) is 7.11 Å². The molecule has 0 aromatic heterocycles. The number of primary amides is 1. The van der Waals surface area contributed by atoms with Crippen molar-refractivity contribution >= 4 is 11.8 Å². The minimum atomic E-state index is -0.572. The van der Waals surface area contributed by atoms with Crippen LogP contribution in [0.1, 0.15) is 36.0 Å². The summed E-state index contributed by atoms with van der Waals surface area (Å²) in [6, 6.07) is 4.94. The number of hydrogen-bond donors (Lipinski definition) is 1. The van der Waals surface area contributed by atoms with Crippen LogP contribution in [-0.4, -0.2) is 55.7 Å². The molecule has 2 aliphatic rings. The Balaban J connectivity index is 1.74. The summed E-state index contributed by atoms with van der Waals surface area (Å²) in [5.74, 6) is 0.162. The lowest BCUT2D eigenvalue weighted by Crippen LogP contribution is -2.52. The summed E-state index contributed by atoms with van der Waals surface area (Å²) in [6.45, 7) is 1.55. The maximum absolute atomic E-state index is 12.9. The molecule has 0 unspecified atom stereocenters. The van der Waals surface area contributed by atoms with Gasteiger partial charge in [-0.25, -0.2) is 0 Å². The molecule has 3 rings (SSSR count). The minimum Gasteiger partial charge on any atom is -0.493 e. The zero-order valence-electron chi connectivity index (χ0n) is 14.5. The Morgan fingerprint density at radius 3 is 2.72 bits per heavy atom. The van der Waals surface area contributed by atoms with E-state index in [0.717, 1.165) is 25.7 Å². The predicted octanol–water partition coefficient (Wildman–Crippen LogP) is 1.34. The lowest BCUT2D eigenvalue weighted by molar-refractivity contribution is -0.119. The Labute approximate surface area is 147 Å². The lowest BCUT2D eigenvalue weighted by Gasteiger charge is -2.40. The highest BCUT2D eigenvalue weighted by molar-refractivity contribution is 5.95. The molecule has 1 aromatic rings. The molecular formula is C18H24N2O5. The third-order valence-corrected chi connectivity index (χ3v) is 4.83. The van der Waals surface area contributed by atoms with Crippen molar-refractivity contribution in [2.45, 2.75) is 31.3 Å². The Hall–Kier alpha value is -2.28. The molecule has 0 bridgehead atoms. The van der Waals surface area contributed by atoms with Crippen LogP contribution in [0.4, 0.5) is 0 Å². The number of carbonyl (C=O) groups excluding carboxylic acids is 2. The van der Waals surface area contributed by atoms with Crippen LogP contribution in [0.2, 0.25) is 0 Å². The maximum atomic E-state index is 12.9. The molecule has 2 amide bonds. The van der Waals surface area contributed by atoms with Gasteiger partial charge in [-0.2, -0.15) is 0 Å². The van der Waals surface area contributed by atoms with Gasteiger partial charge in [0.2, 0.25) is 0 Å². The van der Waals surface area contributed by atoms with E-state index in [0.29, 0.717) is 36.8 Å². The molecule has 7 nitrogen and oxygen atoms in total. The van der Waals surface area contributed by atoms with Crippen LogP contribution >= 0.6 is 0 Å². The fourth-order valence-electron chi connectivity index (χ4n) is 3.59. The number of methoxy groups -OCH3 is 1. The zero-order chi connectivity index (χ0) is 17.9. The highest BCUT2D eigenvalue weighted by Gasteiger charge is 2.40. The van der Waals surface area contributed by atoms with Gasteiger partial charge in [0.25, 0.3) is 11.8 Å². The van der Waals surface area contributed by atoms with Gasteiger partial charge < -0.3 is 24.8 Å². The van der Waals surface area contributed by atoms with Crippen LogP contribution in [0, 0.1) is 0 Å². The van der Waals surface area contributed by atoms with E-state index in [9.17, 15) is 9.59 Å². The smallest absolute Gasteiger partial charge is 0.255 e. The van der Waals surface area contributed by atoms with E-state index < -0.39 is 5.91 Å². The minimum absolute atomic E-state index is 0.0469. The van der Waals surface area contributed by atoms with Gasteiger partial charge in [0.05, 0.1) is 25.9 Å². The maximum Gasteiger partial charge on any atom is 0.255 e. The van der Waals surface area contributed by atoms with Gasteiger partial charge >= 0.3 is 0 Å². The van der Waals surface area contributed by atoms with Gasteiger partial charge in [-0.1, -0.05) is 12.8 Å². The van der Waals surface area contributed by atoms with Crippen molar-refractivity contribution < 1.29 is 23.8 Å². The molecule has 1 heterocycles. The molecule has 1 aliphatic heterocycles. The van der Waals surface area contributed by atoms with E-state index in [1.807, 2.05) is 4.90 Å². The first-order valence-electron chi connectivity index (χ1n) is 8.55. The monoisotopic (exact) mass is 348 g/mol. The average molecular weight is 348 g/mol. The largest absolute Gasteiger partial charge is 0.493 e. The van der Waals surface area contributed by atoms with Crippen molar-refractivity contribution in [1.82, 2.24) is 4.90 Å². The van der Waals surface area contributed by atoms with E-state index in [4.69, 9.17) is 19.9 Å². The Kier molecular flexibility index (Phi) is 5.13. The summed E-state index contributed by atoms with van der Waals surface area (Å²) < 4.78 is 16.6. The van der Waals surface area contributed by atoms with Crippen molar-refractivity contribution in [2.24, 2.45) is 5.73 Å². The first-order valence-corrected chi connectivity index (χ1v) is 8.55. The molecule has 1 saturated heterocycles. The summed E-state index contributed by atoms with van der Waals surface area (Å²) in [5.41, 5.74) is 5.45. The van der Waals surface area contributed by atoms with E-state index >= 15 is 0 Å². The van der Waals surface area contributed by atoms with Gasteiger partial charge in [-0.3, -0.25) is 9.59 Å². The molecule has 1 aliphatic carbocycles.